The first-order valence-corrected chi connectivity index (χ1v) is 4.60. The molecule has 0 aliphatic carbocycles. The van der Waals surface area contributed by atoms with Crippen LogP contribution in [-0.4, -0.2) is 27.8 Å². The van der Waals surface area contributed by atoms with Crippen molar-refractivity contribution in [1.82, 2.24) is 9.97 Å². The molecule has 0 aromatic carbocycles. The van der Waals surface area contributed by atoms with E-state index in [1.54, 1.807) is 0 Å². The summed E-state index contributed by atoms with van der Waals surface area (Å²) in [5.41, 5.74) is -0.369. The predicted octanol–water partition coefficient (Wildman–Crippen LogP) is 0.114. The lowest BCUT2D eigenvalue weighted by Crippen LogP contribution is -2.31. The zero-order chi connectivity index (χ0) is 10.1. The molecule has 2 heterocycles. The molecule has 5 nitrogen and oxygen atoms in total. The van der Waals surface area contributed by atoms with E-state index in [0.717, 1.165) is 0 Å². The number of alkyl halides is 1. The minimum Gasteiger partial charge on any atom is -0.324 e. The second kappa shape index (κ2) is 3.42. The van der Waals surface area contributed by atoms with E-state index >= 15 is 0 Å². The molecule has 1 aromatic heterocycles. The molecule has 2 rings (SSSR count). The van der Waals surface area contributed by atoms with E-state index < -0.39 is 0 Å². The molecule has 1 aromatic rings. The van der Waals surface area contributed by atoms with E-state index in [-0.39, 0.29) is 29.1 Å². The maximum Gasteiger partial charge on any atom is 0.291 e. The molecular formula is C8H8ClN3O2. The Balaban J connectivity index is 2.37. The number of anilines is 1. The van der Waals surface area contributed by atoms with Crippen LogP contribution in [0.15, 0.2) is 17.2 Å². The minimum atomic E-state index is -0.369. The fourth-order valence-electron chi connectivity index (χ4n) is 1.40. The van der Waals surface area contributed by atoms with Crippen LogP contribution in [-0.2, 0) is 4.79 Å². The normalized spacial score (nSPS) is 21.6. The first-order chi connectivity index (χ1) is 6.68. The van der Waals surface area contributed by atoms with Gasteiger partial charge in [0.15, 0.2) is 0 Å². The highest BCUT2D eigenvalue weighted by atomic mass is 35.5. The molecule has 1 N–H and O–H groups in total. The van der Waals surface area contributed by atoms with Crippen molar-refractivity contribution in [3.8, 4) is 0 Å². The Hall–Kier alpha value is -1.36. The zero-order valence-corrected chi connectivity index (χ0v) is 7.99. The molecule has 74 valence electrons. The smallest absolute Gasteiger partial charge is 0.291 e. The summed E-state index contributed by atoms with van der Waals surface area (Å²) in [6.45, 7) is 0.348. The van der Waals surface area contributed by atoms with Gasteiger partial charge in [-0.25, -0.2) is 4.98 Å². The highest BCUT2D eigenvalue weighted by Crippen LogP contribution is 2.19. The quantitative estimate of drug-likeness (QED) is 0.674. The van der Waals surface area contributed by atoms with Gasteiger partial charge in [-0.05, 0) is 0 Å². The number of carbonyl (C=O) groups excluding carboxylic acids is 1. The van der Waals surface area contributed by atoms with Gasteiger partial charge in [0.25, 0.3) is 5.56 Å². The Labute approximate surface area is 84.7 Å². The average molecular weight is 214 g/mol. The topological polar surface area (TPSA) is 66.1 Å². The third-order valence-electron chi connectivity index (χ3n) is 2.02. The van der Waals surface area contributed by atoms with Crippen molar-refractivity contribution in [2.24, 2.45) is 0 Å². The van der Waals surface area contributed by atoms with Gasteiger partial charge in [0, 0.05) is 25.4 Å². The summed E-state index contributed by atoms with van der Waals surface area (Å²) in [6.07, 6.45) is 3.12. The van der Waals surface area contributed by atoms with Gasteiger partial charge in [-0.15, -0.1) is 11.6 Å². The number of amides is 1. The van der Waals surface area contributed by atoms with Crippen LogP contribution < -0.4 is 10.5 Å². The van der Waals surface area contributed by atoms with Crippen LogP contribution in [0.4, 0.5) is 5.82 Å². The van der Waals surface area contributed by atoms with Crippen molar-refractivity contribution in [3.05, 3.63) is 22.7 Å². The molecule has 0 saturated carbocycles. The molecule has 1 fully saturated rings. The summed E-state index contributed by atoms with van der Waals surface area (Å²) >= 11 is 5.80. The molecule has 0 radical (unpaired) electrons. The Morgan fingerprint density at radius 2 is 2.36 bits per heavy atom. The van der Waals surface area contributed by atoms with Crippen LogP contribution in [0.5, 0.6) is 0 Å². The van der Waals surface area contributed by atoms with Gasteiger partial charge < -0.3 is 4.98 Å². The largest absolute Gasteiger partial charge is 0.324 e. The lowest BCUT2D eigenvalue weighted by atomic mass is 10.4. The molecule has 6 heteroatoms. The van der Waals surface area contributed by atoms with Gasteiger partial charge >= 0.3 is 0 Å². The second-order valence-corrected chi connectivity index (χ2v) is 3.66. The zero-order valence-electron chi connectivity index (χ0n) is 7.24. The molecule has 1 atom stereocenters. The number of hydrogen-bond acceptors (Lipinski definition) is 3. The van der Waals surface area contributed by atoms with Gasteiger partial charge in [-0.3, -0.25) is 14.5 Å². The minimum absolute atomic E-state index is 0.126. The van der Waals surface area contributed by atoms with E-state index in [2.05, 4.69) is 9.97 Å². The van der Waals surface area contributed by atoms with Crippen molar-refractivity contribution in [1.29, 1.82) is 0 Å². The molecule has 1 aliphatic heterocycles. The van der Waals surface area contributed by atoms with E-state index in [9.17, 15) is 9.59 Å². The van der Waals surface area contributed by atoms with Crippen LogP contribution in [0.1, 0.15) is 6.42 Å². The molecular weight excluding hydrogens is 206 g/mol. The van der Waals surface area contributed by atoms with Crippen LogP contribution in [0.25, 0.3) is 0 Å². The number of nitrogens with one attached hydrogen (secondary N) is 1. The second-order valence-electron chi connectivity index (χ2n) is 3.05. The summed E-state index contributed by atoms with van der Waals surface area (Å²) in [6, 6.07) is 0. The van der Waals surface area contributed by atoms with Crippen molar-refractivity contribution < 1.29 is 4.79 Å². The molecule has 1 unspecified atom stereocenters. The van der Waals surface area contributed by atoms with Gasteiger partial charge in [0.2, 0.25) is 11.7 Å². The molecule has 1 saturated heterocycles. The van der Waals surface area contributed by atoms with Crippen LogP contribution >= 0.6 is 11.6 Å². The number of aromatic amines is 1. The third kappa shape index (κ3) is 1.50. The van der Waals surface area contributed by atoms with Crippen molar-refractivity contribution in [3.63, 3.8) is 0 Å². The SMILES string of the molecule is O=C1CC(Cl)CN1c1ncc[nH]c1=O. The van der Waals surface area contributed by atoms with Gasteiger partial charge in [-0.2, -0.15) is 0 Å². The number of halogens is 1. The standard InChI is InChI=1S/C8H8ClN3O2/c9-5-3-6(13)12(4-5)7-8(14)11-2-1-10-7/h1-2,5H,3-4H2,(H,11,14). The molecule has 14 heavy (non-hydrogen) atoms. The Morgan fingerprint density at radius 3 is 2.93 bits per heavy atom. The summed E-state index contributed by atoms with van der Waals surface area (Å²) in [5, 5.41) is -0.232. The fourth-order valence-corrected chi connectivity index (χ4v) is 1.68. The van der Waals surface area contributed by atoms with Gasteiger partial charge in [0.05, 0.1) is 5.38 Å². The van der Waals surface area contributed by atoms with Crippen molar-refractivity contribution in [2.45, 2.75) is 11.8 Å². The molecule has 0 bridgehead atoms. The number of nitrogens with zero attached hydrogens (tertiary/aromatic N) is 2. The first-order valence-electron chi connectivity index (χ1n) is 4.16. The fraction of sp³-hybridized carbons (Fsp3) is 0.375. The average Bonchev–Trinajstić information content (AvgIpc) is 2.46. The van der Waals surface area contributed by atoms with Crippen LogP contribution in [0.3, 0.4) is 0 Å². The van der Waals surface area contributed by atoms with Gasteiger partial charge in [0.1, 0.15) is 0 Å². The van der Waals surface area contributed by atoms with E-state index in [1.807, 2.05) is 0 Å². The van der Waals surface area contributed by atoms with Crippen LogP contribution in [0, 0.1) is 0 Å². The number of H-pyrrole nitrogens is 1. The maximum absolute atomic E-state index is 11.4. The highest BCUT2D eigenvalue weighted by molar-refractivity contribution is 6.24. The Morgan fingerprint density at radius 1 is 1.57 bits per heavy atom. The maximum atomic E-state index is 11.4. The summed E-state index contributed by atoms with van der Waals surface area (Å²) < 4.78 is 0. The van der Waals surface area contributed by atoms with E-state index in [1.165, 1.54) is 17.3 Å². The van der Waals surface area contributed by atoms with Crippen molar-refractivity contribution >= 4 is 23.3 Å². The highest BCUT2D eigenvalue weighted by Gasteiger charge is 2.31. The molecule has 1 aliphatic rings. The Kier molecular flexibility index (Phi) is 2.25. The summed E-state index contributed by atoms with van der Waals surface area (Å²) in [7, 11) is 0. The van der Waals surface area contributed by atoms with Gasteiger partial charge in [-0.1, -0.05) is 0 Å². The van der Waals surface area contributed by atoms with E-state index in [4.69, 9.17) is 11.6 Å². The third-order valence-corrected chi connectivity index (χ3v) is 2.31. The Bertz CT molecular complexity index is 417. The van der Waals surface area contributed by atoms with Crippen molar-refractivity contribution in [2.75, 3.05) is 11.4 Å². The first kappa shape index (κ1) is 9.21. The number of hydrogen-bond donors (Lipinski definition) is 1. The molecule has 0 spiro atoms. The summed E-state index contributed by atoms with van der Waals surface area (Å²) in [5.74, 6) is -0.0325. The summed E-state index contributed by atoms with van der Waals surface area (Å²) in [4.78, 5) is 30.3. The van der Waals surface area contributed by atoms with Crippen LogP contribution in [0.2, 0.25) is 0 Å². The number of aromatic nitrogens is 2. The predicted molar refractivity (Wildman–Crippen MR) is 51.5 cm³/mol. The lowest BCUT2D eigenvalue weighted by Gasteiger charge is -2.12. The number of carbonyl (C=O) groups is 1. The molecule has 1 amide bonds. The van der Waals surface area contributed by atoms with E-state index in [0.29, 0.717) is 6.54 Å². The lowest BCUT2D eigenvalue weighted by molar-refractivity contribution is -0.117. The monoisotopic (exact) mass is 213 g/mol. The number of rotatable bonds is 1.